The van der Waals surface area contributed by atoms with Crippen LogP contribution in [0.25, 0.3) is 0 Å². The summed E-state index contributed by atoms with van der Waals surface area (Å²) >= 11 is 0. The maximum Gasteiger partial charge on any atom is 0.236 e. The van der Waals surface area contributed by atoms with E-state index in [1.807, 2.05) is 18.7 Å². The van der Waals surface area contributed by atoms with Gasteiger partial charge in [-0.1, -0.05) is 6.92 Å². The normalized spacial score (nSPS) is 25.8. The van der Waals surface area contributed by atoms with E-state index < -0.39 is 0 Å². The topological polar surface area (TPSA) is 32.3 Å². The average molecular weight is 184 g/mol. The van der Waals surface area contributed by atoms with E-state index in [1.54, 1.807) is 0 Å². The first-order chi connectivity index (χ1) is 6.19. The van der Waals surface area contributed by atoms with Crippen molar-refractivity contribution in [3.05, 3.63) is 0 Å². The molecule has 1 saturated carbocycles. The molecule has 0 heterocycles. The van der Waals surface area contributed by atoms with Crippen LogP contribution in [0.15, 0.2) is 0 Å². The molecule has 0 aromatic heterocycles. The minimum atomic E-state index is 0.226. The molecule has 0 bridgehead atoms. The summed E-state index contributed by atoms with van der Waals surface area (Å²) in [4.78, 5) is 13.4. The van der Waals surface area contributed by atoms with Crippen LogP contribution in [0, 0.1) is 5.92 Å². The third-order valence-electron chi connectivity index (χ3n) is 2.74. The molecular formula is C10H20N2O. The number of rotatable bonds is 5. The molecule has 0 saturated heterocycles. The lowest BCUT2D eigenvalue weighted by Crippen LogP contribution is -2.38. The van der Waals surface area contributed by atoms with Crippen LogP contribution in [0.4, 0.5) is 0 Å². The van der Waals surface area contributed by atoms with Crippen molar-refractivity contribution < 1.29 is 4.79 Å². The molecule has 2 unspecified atom stereocenters. The molecule has 13 heavy (non-hydrogen) atoms. The molecule has 0 aromatic rings. The highest BCUT2D eigenvalue weighted by atomic mass is 16.2. The van der Waals surface area contributed by atoms with Crippen LogP contribution in [0.1, 0.15) is 27.2 Å². The van der Waals surface area contributed by atoms with Crippen molar-refractivity contribution in [2.24, 2.45) is 5.92 Å². The number of amides is 1. The first-order valence-corrected chi connectivity index (χ1v) is 5.20. The lowest BCUT2D eigenvalue weighted by atomic mass is 10.4. The summed E-state index contributed by atoms with van der Waals surface area (Å²) in [5, 5.41) is 3.26. The molecule has 2 atom stereocenters. The molecule has 3 heteroatoms. The van der Waals surface area contributed by atoms with Gasteiger partial charge >= 0.3 is 0 Å². The summed E-state index contributed by atoms with van der Waals surface area (Å²) in [6.45, 7) is 8.38. The molecule has 3 nitrogen and oxygen atoms in total. The van der Waals surface area contributed by atoms with Crippen LogP contribution in [0.2, 0.25) is 0 Å². The highest BCUT2D eigenvalue weighted by Crippen LogP contribution is 2.28. The van der Waals surface area contributed by atoms with Crippen molar-refractivity contribution in [1.82, 2.24) is 10.2 Å². The minimum absolute atomic E-state index is 0.226. The SMILES string of the molecule is CCN(CC)C(=O)CNC1CC1C. The van der Waals surface area contributed by atoms with Crippen LogP contribution in [0.5, 0.6) is 0 Å². The second-order valence-corrected chi connectivity index (χ2v) is 3.77. The van der Waals surface area contributed by atoms with Crippen LogP contribution < -0.4 is 5.32 Å². The number of nitrogens with zero attached hydrogens (tertiary/aromatic N) is 1. The van der Waals surface area contributed by atoms with E-state index in [9.17, 15) is 4.79 Å². The maximum absolute atomic E-state index is 11.5. The molecule has 1 rings (SSSR count). The lowest BCUT2D eigenvalue weighted by molar-refractivity contribution is -0.129. The smallest absolute Gasteiger partial charge is 0.236 e. The number of carbonyl (C=O) groups excluding carboxylic acids is 1. The molecule has 1 fully saturated rings. The van der Waals surface area contributed by atoms with Gasteiger partial charge in [0, 0.05) is 19.1 Å². The van der Waals surface area contributed by atoms with Crippen LogP contribution in [-0.2, 0) is 4.79 Å². The Balaban J connectivity index is 2.16. The van der Waals surface area contributed by atoms with Gasteiger partial charge in [0.2, 0.25) is 5.91 Å². The van der Waals surface area contributed by atoms with Gasteiger partial charge in [0.25, 0.3) is 0 Å². The molecule has 0 spiro atoms. The second kappa shape index (κ2) is 4.61. The Morgan fingerprint density at radius 2 is 2.00 bits per heavy atom. The van der Waals surface area contributed by atoms with Gasteiger partial charge in [-0.15, -0.1) is 0 Å². The van der Waals surface area contributed by atoms with Gasteiger partial charge in [0.05, 0.1) is 6.54 Å². The van der Waals surface area contributed by atoms with Gasteiger partial charge < -0.3 is 10.2 Å². The second-order valence-electron chi connectivity index (χ2n) is 3.77. The summed E-state index contributed by atoms with van der Waals surface area (Å²) in [6, 6.07) is 0.597. The minimum Gasteiger partial charge on any atom is -0.342 e. The molecule has 0 radical (unpaired) electrons. The first-order valence-electron chi connectivity index (χ1n) is 5.20. The van der Waals surface area contributed by atoms with Gasteiger partial charge in [-0.05, 0) is 26.2 Å². The summed E-state index contributed by atoms with van der Waals surface area (Å²) < 4.78 is 0. The molecule has 76 valence electrons. The van der Waals surface area contributed by atoms with Crippen LogP contribution in [-0.4, -0.2) is 36.5 Å². The van der Waals surface area contributed by atoms with Gasteiger partial charge in [0.15, 0.2) is 0 Å². The zero-order valence-electron chi connectivity index (χ0n) is 8.84. The number of nitrogens with one attached hydrogen (secondary N) is 1. The summed E-state index contributed by atoms with van der Waals surface area (Å²) in [5.74, 6) is 0.994. The highest BCUT2D eigenvalue weighted by Gasteiger charge is 2.32. The Labute approximate surface area is 80.5 Å². The Hall–Kier alpha value is -0.570. The van der Waals surface area contributed by atoms with E-state index in [4.69, 9.17) is 0 Å². The maximum atomic E-state index is 11.5. The van der Waals surface area contributed by atoms with Crippen molar-refractivity contribution in [3.8, 4) is 0 Å². The summed E-state index contributed by atoms with van der Waals surface area (Å²) in [6.07, 6.45) is 1.23. The molecule has 0 aliphatic heterocycles. The highest BCUT2D eigenvalue weighted by molar-refractivity contribution is 5.78. The molecular weight excluding hydrogens is 164 g/mol. The van der Waals surface area contributed by atoms with Crippen LogP contribution in [0.3, 0.4) is 0 Å². The predicted molar refractivity (Wildman–Crippen MR) is 53.5 cm³/mol. The number of carbonyl (C=O) groups is 1. The van der Waals surface area contributed by atoms with Crippen molar-refractivity contribution in [2.75, 3.05) is 19.6 Å². The number of likely N-dealkylation sites (N-methyl/N-ethyl adjacent to an activating group) is 1. The number of hydrogen-bond acceptors (Lipinski definition) is 2. The standard InChI is InChI=1S/C10H20N2O/c1-4-12(5-2)10(13)7-11-9-6-8(9)3/h8-9,11H,4-7H2,1-3H3. The lowest BCUT2D eigenvalue weighted by Gasteiger charge is -2.18. The fourth-order valence-electron chi connectivity index (χ4n) is 1.51. The molecule has 1 N–H and O–H groups in total. The Morgan fingerprint density at radius 1 is 1.46 bits per heavy atom. The fourth-order valence-corrected chi connectivity index (χ4v) is 1.51. The average Bonchev–Trinajstić information content (AvgIpc) is 2.81. The Bertz CT molecular complexity index is 178. The largest absolute Gasteiger partial charge is 0.342 e. The van der Waals surface area contributed by atoms with Gasteiger partial charge in [-0.3, -0.25) is 4.79 Å². The molecule has 1 aliphatic carbocycles. The van der Waals surface area contributed by atoms with Gasteiger partial charge in [-0.2, -0.15) is 0 Å². The van der Waals surface area contributed by atoms with Gasteiger partial charge in [0.1, 0.15) is 0 Å². The Kier molecular flexibility index (Phi) is 3.72. The molecule has 0 aromatic carbocycles. The van der Waals surface area contributed by atoms with Gasteiger partial charge in [-0.25, -0.2) is 0 Å². The third kappa shape index (κ3) is 2.99. The third-order valence-corrected chi connectivity index (χ3v) is 2.74. The zero-order valence-corrected chi connectivity index (χ0v) is 8.84. The summed E-state index contributed by atoms with van der Waals surface area (Å²) in [5.41, 5.74) is 0. The van der Waals surface area contributed by atoms with E-state index in [0.29, 0.717) is 12.6 Å². The molecule has 1 amide bonds. The van der Waals surface area contributed by atoms with Crippen LogP contribution >= 0.6 is 0 Å². The van der Waals surface area contributed by atoms with E-state index in [0.717, 1.165) is 19.0 Å². The van der Waals surface area contributed by atoms with Crippen molar-refractivity contribution in [1.29, 1.82) is 0 Å². The van der Waals surface area contributed by atoms with E-state index in [-0.39, 0.29) is 5.91 Å². The van der Waals surface area contributed by atoms with Crippen molar-refractivity contribution in [2.45, 2.75) is 33.2 Å². The first kappa shape index (κ1) is 10.5. The van der Waals surface area contributed by atoms with E-state index >= 15 is 0 Å². The molecule has 1 aliphatic rings. The quantitative estimate of drug-likeness (QED) is 0.687. The van der Waals surface area contributed by atoms with Crippen molar-refractivity contribution >= 4 is 5.91 Å². The fraction of sp³-hybridized carbons (Fsp3) is 0.900. The Morgan fingerprint density at radius 3 is 2.38 bits per heavy atom. The summed E-state index contributed by atoms with van der Waals surface area (Å²) in [7, 11) is 0. The predicted octanol–water partition coefficient (Wildman–Crippen LogP) is 0.853. The van der Waals surface area contributed by atoms with Crippen molar-refractivity contribution in [3.63, 3.8) is 0 Å². The monoisotopic (exact) mass is 184 g/mol. The number of hydrogen-bond donors (Lipinski definition) is 1. The zero-order chi connectivity index (χ0) is 9.84. The van der Waals surface area contributed by atoms with E-state index in [1.165, 1.54) is 6.42 Å². The van der Waals surface area contributed by atoms with E-state index in [2.05, 4.69) is 12.2 Å².